The Labute approximate surface area is 114 Å². The SMILES string of the molecule is CS(=O)(=O)CCSCC(CO)(NC1CC1)C1CC1. The normalized spacial score (nSPS) is 23.9. The summed E-state index contributed by atoms with van der Waals surface area (Å²) in [5.74, 6) is 2.25. The van der Waals surface area contributed by atoms with Gasteiger partial charge in [0.25, 0.3) is 0 Å². The van der Waals surface area contributed by atoms with Gasteiger partial charge in [-0.25, -0.2) is 8.42 Å². The van der Waals surface area contributed by atoms with E-state index in [1.807, 2.05) is 0 Å². The van der Waals surface area contributed by atoms with Crippen molar-refractivity contribution in [3.63, 3.8) is 0 Å². The molecule has 0 aliphatic heterocycles. The van der Waals surface area contributed by atoms with Crippen LogP contribution in [0, 0.1) is 5.92 Å². The van der Waals surface area contributed by atoms with Crippen molar-refractivity contribution in [3.8, 4) is 0 Å². The molecule has 1 unspecified atom stereocenters. The molecular formula is C12H23NO3S2. The van der Waals surface area contributed by atoms with Crippen LogP contribution >= 0.6 is 11.8 Å². The summed E-state index contributed by atoms with van der Waals surface area (Å²) in [5.41, 5.74) is -0.163. The Morgan fingerprint density at radius 1 is 1.33 bits per heavy atom. The Balaban J connectivity index is 1.81. The molecule has 0 aromatic rings. The monoisotopic (exact) mass is 293 g/mol. The molecule has 0 radical (unpaired) electrons. The molecule has 2 saturated carbocycles. The molecule has 1 atom stereocenters. The fourth-order valence-electron chi connectivity index (χ4n) is 2.23. The van der Waals surface area contributed by atoms with Crippen LogP contribution in [-0.4, -0.2) is 55.2 Å². The lowest BCUT2D eigenvalue weighted by Crippen LogP contribution is -2.54. The van der Waals surface area contributed by atoms with E-state index in [-0.39, 0.29) is 17.9 Å². The van der Waals surface area contributed by atoms with Crippen LogP contribution in [0.3, 0.4) is 0 Å². The molecular weight excluding hydrogens is 270 g/mol. The third-order valence-electron chi connectivity index (χ3n) is 3.67. The fraction of sp³-hybridized carbons (Fsp3) is 1.00. The van der Waals surface area contributed by atoms with Crippen LogP contribution in [0.25, 0.3) is 0 Å². The zero-order valence-corrected chi connectivity index (χ0v) is 12.5. The molecule has 18 heavy (non-hydrogen) atoms. The van der Waals surface area contributed by atoms with Crippen LogP contribution in [0.15, 0.2) is 0 Å². The molecule has 0 heterocycles. The summed E-state index contributed by atoms with van der Waals surface area (Å²) in [6.07, 6.45) is 6.07. The first-order valence-corrected chi connectivity index (χ1v) is 9.81. The Hall–Kier alpha value is 0.220. The standard InChI is InChI=1S/C12H23NO3S2/c1-18(15,16)7-6-17-9-12(8-14,10-2-3-10)13-11-4-5-11/h10-11,13-14H,2-9H2,1H3. The average Bonchev–Trinajstić information content (AvgIpc) is 3.13. The number of aliphatic hydroxyl groups excluding tert-OH is 1. The van der Waals surface area contributed by atoms with E-state index < -0.39 is 9.84 Å². The van der Waals surface area contributed by atoms with E-state index in [4.69, 9.17) is 0 Å². The summed E-state index contributed by atoms with van der Waals surface area (Å²) in [6, 6.07) is 0.577. The minimum atomic E-state index is -2.87. The van der Waals surface area contributed by atoms with E-state index in [2.05, 4.69) is 5.32 Å². The summed E-state index contributed by atoms with van der Waals surface area (Å²) >= 11 is 1.65. The predicted octanol–water partition coefficient (Wildman–Crippen LogP) is 0.657. The second-order valence-electron chi connectivity index (χ2n) is 5.69. The highest BCUT2D eigenvalue weighted by atomic mass is 32.2. The number of hydrogen-bond donors (Lipinski definition) is 2. The molecule has 6 heteroatoms. The molecule has 0 amide bonds. The van der Waals surface area contributed by atoms with Crippen molar-refractivity contribution in [2.45, 2.75) is 37.3 Å². The van der Waals surface area contributed by atoms with Crippen molar-refractivity contribution >= 4 is 21.6 Å². The molecule has 0 aromatic heterocycles. The van der Waals surface area contributed by atoms with Crippen molar-refractivity contribution in [3.05, 3.63) is 0 Å². The smallest absolute Gasteiger partial charge is 0.148 e. The average molecular weight is 293 g/mol. The molecule has 106 valence electrons. The number of hydrogen-bond acceptors (Lipinski definition) is 5. The van der Waals surface area contributed by atoms with Crippen LogP contribution in [0.2, 0.25) is 0 Å². The van der Waals surface area contributed by atoms with Gasteiger partial charge in [-0.15, -0.1) is 0 Å². The van der Waals surface area contributed by atoms with E-state index in [1.54, 1.807) is 11.8 Å². The van der Waals surface area contributed by atoms with Gasteiger partial charge < -0.3 is 10.4 Å². The molecule has 0 bridgehead atoms. The van der Waals surface area contributed by atoms with Gasteiger partial charge in [-0.1, -0.05) is 0 Å². The summed E-state index contributed by atoms with van der Waals surface area (Å²) in [4.78, 5) is 0. The third-order valence-corrected chi connectivity index (χ3v) is 6.08. The van der Waals surface area contributed by atoms with Crippen LogP contribution in [0.4, 0.5) is 0 Å². The van der Waals surface area contributed by atoms with Crippen molar-refractivity contribution in [1.29, 1.82) is 0 Å². The number of nitrogens with one attached hydrogen (secondary N) is 1. The first-order valence-electron chi connectivity index (χ1n) is 6.59. The van der Waals surface area contributed by atoms with E-state index in [0.29, 0.717) is 17.7 Å². The van der Waals surface area contributed by atoms with E-state index in [1.165, 1.54) is 31.9 Å². The quantitative estimate of drug-likeness (QED) is 0.611. The van der Waals surface area contributed by atoms with E-state index in [0.717, 1.165) is 5.75 Å². The first-order chi connectivity index (χ1) is 8.45. The molecule has 0 spiro atoms. The zero-order valence-electron chi connectivity index (χ0n) is 10.9. The van der Waals surface area contributed by atoms with Crippen molar-refractivity contribution in [2.75, 3.05) is 30.1 Å². The molecule has 2 aliphatic carbocycles. The van der Waals surface area contributed by atoms with Crippen molar-refractivity contribution in [1.82, 2.24) is 5.32 Å². The van der Waals surface area contributed by atoms with Crippen LogP contribution < -0.4 is 5.32 Å². The Kier molecular flexibility index (Phi) is 4.62. The van der Waals surface area contributed by atoms with Crippen molar-refractivity contribution < 1.29 is 13.5 Å². The summed E-state index contributed by atoms with van der Waals surface area (Å²) in [6.45, 7) is 0.167. The lowest BCUT2D eigenvalue weighted by molar-refractivity contribution is 0.157. The zero-order chi connectivity index (χ0) is 13.2. The van der Waals surface area contributed by atoms with Gasteiger partial charge in [0, 0.05) is 23.8 Å². The second-order valence-corrected chi connectivity index (χ2v) is 9.05. The molecule has 2 fully saturated rings. The third kappa shape index (κ3) is 4.40. The number of aliphatic hydroxyl groups is 1. The maximum absolute atomic E-state index is 11.1. The van der Waals surface area contributed by atoms with E-state index >= 15 is 0 Å². The summed E-state index contributed by atoms with van der Waals surface area (Å²) in [5, 5.41) is 13.3. The Morgan fingerprint density at radius 2 is 2.00 bits per heavy atom. The topological polar surface area (TPSA) is 66.4 Å². The highest BCUT2D eigenvalue weighted by molar-refractivity contribution is 8.00. The van der Waals surface area contributed by atoms with Crippen molar-refractivity contribution in [2.24, 2.45) is 5.92 Å². The van der Waals surface area contributed by atoms with Gasteiger partial charge in [0.1, 0.15) is 9.84 Å². The van der Waals surface area contributed by atoms with Gasteiger partial charge in [0.2, 0.25) is 0 Å². The van der Waals surface area contributed by atoms with Gasteiger partial charge in [-0.2, -0.15) is 11.8 Å². The van der Waals surface area contributed by atoms with Gasteiger partial charge in [-0.05, 0) is 31.6 Å². The highest BCUT2D eigenvalue weighted by Gasteiger charge is 2.47. The predicted molar refractivity (Wildman–Crippen MR) is 75.7 cm³/mol. The lowest BCUT2D eigenvalue weighted by atomic mass is 9.96. The van der Waals surface area contributed by atoms with E-state index in [9.17, 15) is 13.5 Å². The number of rotatable bonds is 9. The maximum atomic E-state index is 11.1. The Morgan fingerprint density at radius 3 is 2.44 bits per heavy atom. The molecule has 0 saturated heterocycles. The molecule has 2 aliphatic rings. The number of thioether (sulfide) groups is 1. The molecule has 4 nitrogen and oxygen atoms in total. The molecule has 2 N–H and O–H groups in total. The van der Waals surface area contributed by atoms with Gasteiger partial charge in [-0.3, -0.25) is 0 Å². The highest BCUT2D eigenvalue weighted by Crippen LogP contribution is 2.43. The first kappa shape index (κ1) is 14.6. The maximum Gasteiger partial charge on any atom is 0.148 e. The minimum absolute atomic E-state index is 0.163. The molecule has 0 aromatic carbocycles. The summed E-state index contributed by atoms with van der Waals surface area (Å²) in [7, 11) is -2.87. The van der Waals surface area contributed by atoms with Gasteiger partial charge in [0.15, 0.2) is 0 Å². The van der Waals surface area contributed by atoms with Crippen LogP contribution in [0.1, 0.15) is 25.7 Å². The second kappa shape index (κ2) is 5.69. The number of sulfone groups is 1. The molecule has 2 rings (SSSR count). The van der Waals surface area contributed by atoms with Gasteiger partial charge >= 0.3 is 0 Å². The Bertz CT molecular complexity index is 377. The fourth-order valence-corrected chi connectivity index (χ4v) is 4.83. The van der Waals surface area contributed by atoms with Gasteiger partial charge in [0.05, 0.1) is 17.9 Å². The largest absolute Gasteiger partial charge is 0.394 e. The minimum Gasteiger partial charge on any atom is -0.394 e. The summed E-state index contributed by atoms with van der Waals surface area (Å²) < 4.78 is 22.2. The lowest BCUT2D eigenvalue weighted by Gasteiger charge is -2.33. The van der Waals surface area contributed by atoms with Crippen LogP contribution in [0.5, 0.6) is 0 Å². The van der Waals surface area contributed by atoms with Crippen LogP contribution in [-0.2, 0) is 9.84 Å².